The van der Waals surface area contributed by atoms with Crippen LogP contribution < -0.4 is 5.32 Å². The Balaban J connectivity index is 0.000000383. The van der Waals surface area contributed by atoms with Crippen LogP contribution in [0.15, 0.2) is 24.5 Å². The van der Waals surface area contributed by atoms with Gasteiger partial charge in [-0.1, -0.05) is 13.0 Å². The van der Waals surface area contributed by atoms with Crippen LogP contribution in [0.3, 0.4) is 0 Å². The average Bonchev–Trinajstić information content (AvgIpc) is 3.27. The third-order valence-corrected chi connectivity index (χ3v) is 6.52. The second-order valence-corrected chi connectivity index (χ2v) is 9.18. The summed E-state index contributed by atoms with van der Waals surface area (Å²) < 4.78 is 37.4. The van der Waals surface area contributed by atoms with Crippen molar-refractivity contribution in [2.24, 2.45) is 23.2 Å². The molecule has 2 aliphatic heterocycles. The molecule has 2 amide bonds. The number of pyridine rings is 1. The van der Waals surface area contributed by atoms with Crippen molar-refractivity contribution in [1.29, 1.82) is 0 Å². The number of alkyl halides is 3. The Labute approximate surface area is 189 Å². The van der Waals surface area contributed by atoms with Gasteiger partial charge in [-0.15, -0.1) is 0 Å². The molecule has 0 unspecified atom stereocenters. The largest absolute Gasteiger partial charge is 0.490 e. The Hall–Kier alpha value is -2.69. The molecule has 0 aromatic carbocycles. The molecule has 3 heterocycles. The van der Waals surface area contributed by atoms with Crippen molar-refractivity contribution >= 4 is 17.8 Å². The molecule has 8 nitrogen and oxygen atoms in total. The fourth-order valence-corrected chi connectivity index (χ4v) is 4.70. The lowest BCUT2D eigenvalue weighted by Gasteiger charge is -2.35. The summed E-state index contributed by atoms with van der Waals surface area (Å²) in [4.78, 5) is 40.2. The number of carbonyl (C=O) groups is 3. The first-order valence-corrected chi connectivity index (χ1v) is 10.8. The van der Waals surface area contributed by atoms with Gasteiger partial charge in [-0.2, -0.15) is 13.2 Å². The lowest BCUT2D eigenvalue weighted by Crippen LogP contribution is -2.42. The number of carbonyl (C=O) groups excluding carboxylic acids is 2. The topological polar surface area (TPSA) is 109 Å². The molecule has 0 bridgehead atoms. The van der Waals surface area contributed by atoms with Crippen LogP contribution >= 0.6 is 0 Å². The average molecular weight is 471 g/mol. The van der Waals surface area contributed by atoms with Crippen molar-refractivity contribution in [3.05, 3.63) is 30.1 Å². The third kappa shape index (κ3) is 6.21. The Kier molecular flexibility index (Phi) is 7.61. The van der Waals surface area contributed by atoms with Crippen molar-refractivity contribution in [3.63, 3.8) is 0 Å². The molecule has 2 N–H and O–H groups in total. The molecule has 11 heteroatoms. The molecular formula is C22H28F3N3O5. The molecule has 1 aromatic rings. The number of nitrogens with one attached hydrogen (secondary N) is 1. The van der Waals surface area contributed by atoms with Crippen LogP contribution in [0.25, 0.3) is 0 Å². The number of nitrogens with zero attached hydrogens (tertiary/aromatic N) is 2. The van der Waals surface area contributed by atoms with Gasteiger partial charge in [0.05, 0.1) is 13.2 Å². The number of ether oxygens (including phenoxy) is 1. The monoisotopic (exact) mass is 471 g/mol. The van der Waals surface area contributed by atoms with Crippen LogP contribution in [-0.2, 0) is 25.7 Å². The highest BCUT2D eigenvalue weighted by Gasteiger charge is 2.53. The zero-order valence-corrected chi connectivity index (χ0v) is 18.3. The molecule has 3 aliphatic rings. The molecule has 1 saturated carbocycles. The summed E-state index contributed by atoms with van der Waals surface area (Å²) in [5, 5.41) is 10.1. The van der Waals surface area contributed by atoms with Crippen molar-refractivity contribution in [3.8, 4) is 0 Å². The molecule has 3 fully saturated rings. The highest BCUT2D eigenvalue weighted by molar-refractivity contribution is 5.81. The van der Waals surface area contributed by atoms with Crippen LogP contribution in [-0.4, -0.2) is 65.3 Å². The third-order valence-electron chi connectivity index (χ3n) is 6.52. The summed E-state index contributed by atoms with van der Waals surface area (Å²) in [6.07, 6.45) is 0.834. The summed E-state index contributed by atoms with van der Waals surface area (Å²) in [5.74, 6) is -1.31. The maximum absolute atomic E-state index is 12.7. The van der Waals surface area contributed by atoms with Crippen LogP contribution in [0.1, 0.15) is 31.7 Å². The first-order valence-electron chi connectivity index (χ1n) is 10.8. The van der Waals surface area contributed by atoms with Crippen molar-refractivity contribution in [1.82, 2.24) is 15.2 Å². The summed E-state index contributed by atoms with van der Waals surface area (Å²) in [6, 6.07) is 3.81. The minimum Gasteiger partial charge on any atom is -0.475 e. The predicted molar refractivity (Wildman–Crippen MR) is 110 cm³/mol. The van der Waals surface area contributed by atoms with Gasteiger partial charge in [-0.25, -0.2) is 4.79 Å². The van der Waals surface area contributed by atoms with E-state index in [-0.39, 0.29) is 29.1 Å². The van der Waals surface area contributed by atoms with Gasteiger partial charge in [0, 0.05) is 55.7 Å². The molecule has 182 valence electrons. The molecule has 0 radical (unpaired) electrons. The second kappa shape index (κ2) is 10.1. The first-order chi connectivity index (χ1) is 15.5. The van der Waals surface area contributed by atoms with E-state index in [9.17, 15) is 22.8 Å². The highest BCUT2D eigenvalue weighted by atomic mass is 19.4. The van der Waals surface area contributed by atoms with Gasteiger partial charge in [-0.05, 0) is 30.4 Å². The van der Waals surface area contributed by atoms with Gasteiger partial charge in [0.25, 0.3) is 0 Å². The van der Waals surface area contributed by atoms with Crippen molar-refractivity contribution in [2.75, 3.05) is 26.3 Å². The van der Waals surface area contributed by atoms with Crippen LogP contribution in [0.2, 0.25) is 0 Å². The summed E-state index contributed by atoms with van der Waals surface area (Å²) >= 11 is 0. The summed E-state index contributed by atoms with van der Waals surface area (Å²) in [7, 11) is 0. The molecular weight excluding hydrogens is 443 g/mol. The predicted octanol–water partition coefficient (Wildman–Crippen LogP) is 2.24. The maximum Gasteiger partial charge on any atom is 0.490 e. The number of hydrogen-bond acceptors (Lipinski definition) is 5. The van der Waals surface area contributed by atoms with E-state index in [1.54, 1.807) is 12.4 Å². The van der Waals surface area contributed by atoms with Crippen molar-refractivity contribution < 1.29 is 37.4 Å². The van der Waals surface area contributed by atoms with E-state index in [2.05, 4.69) is 17.2 Å². The zero-order chi connectivity index (χ0) is 24.2. The van der Waals surface area contributed by atoms with E-state index in [0.29, 0.717) is 38.6 Å². The molecule has 1 aromatic heterocycles. The number of carboxylic acids is 1. The van der Waals surface area contributed by atoms with Crippen LogP contribution in [0.5, 0.6) is 0 Å². The molecule has 2 saturated heterocycles. The Morgan fingerprint density at radius 1 is 1.33 bits per heavy atom. The normalized spacial score (nSPS) is 28.2. The van der Waals surface area contributed by atoms with Crippen molar-refractivity contribution in [2.45, 2.75) is 38.9 Å². The number of halogens is 3. The molecule has 4 rings (SSSR count). The quantitative estimate of drug-likeness (QED) is 0.682. The van der Waals surface area contributed by atoms with Gasteiger partial charge in [0.2, 0.25) is 11.8 Å². The van der Waals surface area contributed by atoms with E-state index in [4.69, 9.17) is 14.6 Å². The number of amides is 2. The number of hydrogen-bond donors (Lipinski definition) is 2. The van der Waals surface area contributed by atoms with Crippen LogP contribution in [0.4, 0.5) is 13.2 Å². The highest BCUT2D eigenvalue weighted by Crippen LogP contribution is 2.45. The number of aliphatic carboxylic acids is 1. The molecule has 1 aliphatic carbocycles. The fourth-order valence-electron chi connectivity index (χ4n) is 4.70. The maximum atomic E-state index is 12.7. The standard InChI is InChI=1S/C20H27N3O3.C2HF3O2/c1-14-5-16(6-14)19(25)23-10-17-11-26-13-20(17,12-23)7-18(24)22-9-15-3-2-4-21-8-15;3-2(4,5)1(6)7/h2-4,8,14,16-17H,5-7,9-13H2,1H3,(H,22,24);(H,6,7)/t14?,16?,17-,20+;/m1./s1. The fraction of sp³-hybridized carbons (Fsp3) is 0.636. The van der Waals surface area contributed by atoms with Gasteiger partial charge < -0.3 is 20.1 Å². The lowest BCUT2D eigenvalue weighted by atomic mass is 9.75. The van der Waals surface area contributed by atoms with E-state index < -0.39 is 12.1 Å². The smallest absolute Gasteiger partial charge is 0.475 e. The van der Waals surface area contributed by atoms with E-state index in [0.717, 1.165) is 24.9 Å². The second-order valence-electron chi connectivity index (χ2n) is 9.18. The zero-order valence-electron chi connectivity index (χ0n) is 18.3. The van der Waals surface area contributed by atoms with E-state index in [1.807, 2.05) is 17.0 Å². The van der Waals surface area contributed by atoms with E-state index >= 15 is 0 Å². The van der Waals surface area contributed by atoms with E-state index in [1.165, 1.54) is 0 Å². The number of aromatic nitrogens is 1. The van der Waals surface area contributed by atoms with Gasteiger partial charge in [-0.3, -0.25) is 14.6 Å². The number of rotatable bonds is 5. The van der Waals surface area contributed by atoms with Gasteiger partial charge in [0.15, 0.2) is 0 Å². The van der Waals surface area contributed by atoms with Crippen LogP contribution in [0, 0.1) is 23.2 Å². The Bertz CT molecular complexity index is 861. The molecule has 33 heavy (non-hydrogen) atoms. The minimum absolute atomic E-state index is 0.0240. The van der Waals surface area contributed by atoms with Gasteiger partial charge >= 0.3 is 12.1 Å². The molecule has 2 atom stereocenters. The SMILES string of the molecule is CC1CC(C(=O)N2C[C@@H]3COC[C@]3(CC(=O)NCc3cccnc3)C2)C1.O=C(O)C(F)(F)F. The first kappa shape index (κ1) is 24.9. The Morgan fingerprint density at radius 2 is 2.03 bits per heavy atom. The number of fused-ring (bicyclic) bond motifs is 1. The number of carboxylic acid groups (broad SMARTS) is 1. The summed E-state index contributed by atoms with van der Waals surface area (Å²) in [6.45, 7) is 5.30. The minimum atomic E-state index is -5.08. The lowest BCUT2D eigenvalue weighted by molar-refractivity contribution is -0.192. The Morgan fingerprint density at radius 3 is 2.61 bits per heavy atom. The number of likely N-dealkylation sites (tertiary alicyclic amines) is 1. The molecule has 0 spiro atoms. The van der Waals surface area contributed by atoms with Gasteiger partial charge in [0.1, 0.15) is 0 Å². The summed E-state index contributed by atoms with van der Waals surface area (Å²) in [5.41, 5.74) is 0.768.